The van der Waals surface area contributed by atoms with E-state index in [1.807, 2.05) is 49.8 Å². The first-order chi connectivity index (χ1) is 16.5. The van der Waals surface area contributed by atoms with E-state index in [0.717, 1.165) is 56.2 Å². The fourth-order valence-corrected chi connectivity index (χ4v) is 4.90. The van der Waals surface area contributed by atoms with Crippen LogP contribution in [0.25, 0.3) is 38.5 Å². The van der Waals surface area contributed by atoms with Gasteiger partial charge < -0.3 is 4.90 Å². The molecule has 0 unspecified atom stereocenters. The molecule has 1 aliphatic rings. The normalized spacial score (nSPS) is 12.9. The summed E-state index contributed by atoms with van der Waals surface area (Å²) < 4.78 is 3.53. The van der Waals surface area contributed by atoms with Gasteiger partial charge in [0.1, 0.15) is 0 Å². The van der Waals surface area contributed by atoms with Gasteiger partial charge in [0, 0.05) is 42.5 Å². The number of fused-ring (bicyclic) bond motifs is 4. The summed E-state index contributed by atoms with van der Waals surface area (Å²) in [5.74, 6) is -0.132. The molecule has 3 aromatic carbocycles. The highest BCUT2D eigenvalue weighted by atomic mass is 16.2. The van der Waals surface area contributed by atoms with E-state index >= 15 is 0 Å². The predicted octanol–water partition coefficient (Wildman–Crippen LogP) is 4.62. The van der Waals surface area contributed by atoms with Crippen LogP contribution in [0, 0.1) is 0 Å². The molecule has 166 valence electrons. The van der Waals surface area contributed by atoms with Gasteiger partial charge in [0.15, 0.2) is 0 Å². The number of nitrogens with zero attached hydrogens (tertiary/aromatic N) is 4. The monoisotopic (exact) mass is 446 g/mol. The van der Waals surface area contributed by atoms with E-state index in [0.29, 0.717) is 6.54 Å². The smallest absolute Gasteiger partial charge is 0.255 e. The number of amides is 1. The minimum atomic E-state index is -0.132. The van der Waals surface area contributed by atoms with Gasteiger partial charge in [-0.25, -0.2) is 0 Å². The van der Waals surface area contributed by atoms with E-state index in [2.05, 4.69) is 35.9 Å². The summed E-state index contributed by atoms with van der Waals surface area (Å²) in [5, 5.41) is 7.29. The van der Waals surface area contributed by atoms with E-state index in [1.54, 1.807) is 20.2 Å². The van der Waals surface area contributed by atoms with Gasteiger partial charge in [-0.15, -0.1) is 0 Å². The Balaban J connectivity index is 1.63. The first kappa shape index (κ1) is 20.2. The molecule has 6 heteroatoms. The van der Waals surface area contributed by atoms with Crippen LogP contribution in [-0.4, -0.2) is 26.8 Å². The van der Waals surface area contributed by atoms with Crippen molar-refractivity contribution in [3.05, 3.63) is 102 Å². The Kier molecular flexibility index (Phi) is 4.48. The highest BCUT2D eigenvalue weighted by molar-refractivity contribution is 6.08. The Morgan fingerprint density at radius 1 is 1.00 bits per heavy atom. The molecule has 2 aromatic heterocycles. The van der Waals surface area contributed by atoms with Crippen LogP contribution in [0.1, 0.15) is 5.56 Å². The number of benzene rings is 3. The van der Waals surface area contributed by atoms with E-state index in [-0.39, 0.29) is 11.5 Å². The minimum Gasteiger partial charge on any atom is -0.308 e. The molecular weight excluding hydrogens is 424 g/mol. The first-order valence-corrected chi connectivity index (χ1v) is 11.2. The van der Waals surface area contributed by atoms with Gasteiger partial charge >= 0.3 is 0 Å². The molecule has 1 amide bonds. The molecule has 6 nitrogen and oxygen atoms in total. The SMILES string of the molecule is C=CC(=O)N1CCc2ccc(-n3c(=O)ccc4ccc5ccc(-c6cnn(C)c6)cc5c43)cc21. The zero-order valence-electron chi connectivity index (χ0n) is 18.7. The number of pyridine rings is 1. The van der Waals surface area contributed by atoms with Crippen molar-refractivity contribution < 1.29 is 4.79 Å². The number of anilines is 1. The largest absolute Gasteiger partial charge is 0.308 e. The predicted molar refractivity (Wildman–Crippen MR) is 136 cm³/mol. The molecule has 5 aromatic rings. The third-order valence-corrected chi connectivity index (χ3v) is 6.58. The van der Waals surface area contributed by atoms with Crippen molar-refractivity contribution in [1.29, 1.82) is 0 Å². The van der Waals surface area contributed by atoms with Crippen molar-refractivity contribution in [2.45, 2.75) is 6.42 Å². The maximum Gasteiger partial charge on any atom is 0.255 e. The number of carbonyl (C=O) groups is 1. The second-order valence-electron chi connectivity index (χ2n) is 8.61. The zero-order chi connectivity index (χ0) is 23.4. The molecular formula is C28H22N4O2. The number of hydrogen-bond donors (Lipinski definition) is 0. The summed E-state index contributed by atoms with van der Waals surface area (Å²) in [6.45, 7) is 4.25. The molecule has 34 heavy (non-hydrogen) atoms. The first-order valence-electron chi connectivity index (χ1n) is 11.2. The molecule has 0 saturated carbocycles. The number of aromatic nitrogens is 3. The van der Waals surface area contributed by atoms with Gasteiger partial charge in [0.05, 0.1) is 17.4 Å². The summed E-state index contributed by atoms with van der Waals surface area (Å²) in [5.41, 5.74) is 5.44. The van der Waals surface area contributed by atoms with E-state index < -0.39 is 0 Å². The van der Waals surface area contributed by atoms with Crippen LogP contribution in [0.15, 0.2) is 90.5 Å². The Bertz CT molecular complexity index is 1690. The van der Waals surface area contributed by atoms with Crippen LogP contribution in [0.4, 0.5) is 5.69 Å². The van der Waals surface area contributed by atoms with Crippen LogP contribution in [0.3, 0.4) is 0 Å². The Labute approximate surface area is 196 Å². The average molecular weight is 447 g/mol. The van der Waals surface area contributed by atoms with Gasteiger partial charge in [0.2, 0.25) is 5.91 Å². The third kappa shape index (κ3) is 3.07. The van der Waals surface area contributed by atoms with Crippen LogP contribution in [0.5, 0.6) is 0 Å². The molecule has 1 aliphatic heterocycles. The van der Waals surface area contributed by atoms with Gasteiger partial charge in [0.25, 0.3) is 5.56 Å². The molecule has 6 rings (SSSR count). The molecule has 3 heterocycles. The third-order valence-electron chi connectivity index (χ3n) is 6.58. The Hall–Kier alpha value is -4.45. The van der Waals surface area contributed by atoms with E-state index in [1.165, 1.54) is 6.08 Å². The highest BCUT2D eigenvalue weighted by Crippen LogP contribution is 2.34. The number of hydrogen-bond acceptors (Lipinski definition) is 3. The molecule has 0 spiro atoms. The molecule has 0 atom stereocenters. The summed E-state index contributed by atoms with van der Waals surface area (Å²) in [7, 11) is 1.89. The standard InChI is InChI=1S/C28H22N4O2/c1-3-26(33)31-13-12-19-8-10-23(15-25(19)31)32-27(34)11-9-20-6-4-18-5-7-21(14-24(18)28(20)32)22-16-29-30(2)17-22/h3-11,14-17H,1,12-13H2,2H3. The highest BCUT2D eigenvalue weighted by Gasteiger charge is 2.24. The molecule has 0 N–H and O–H groups in total. The van der Waals surface area contributed by atoms with Crippen LogP contribution in [0.2, 0.25) is 0 Å². The number of aryl methyl sites for hydroxylation is 1. The van der Waals surface area contributed by atoms with E-state index in [9.17, 15) is 9.59 Å². The lowest BCUT2D eigenvalue weighted by atomic mass is 10.0. The lowest BCUT2D eigenvalue weighted by Gasteiger charge is -2.18. The van der Waals surface area contributed by atoms with Crippen molar-refractivity contribution in [3.63, 3.8) is 0 Å². The lowest BCUT2D eigenvalue weighted by molar-refractivity contribution is -0.114. The minimum absolute atomic E-state index is 0.119. The summed E-state index contributed by atoms with van der Waals surface area (Å²) in [6, 6.07) is 19.8. The van der Waals surface area contributed by atoms with Gasteiger partial charge in [-0.2, -0.15) is 5.10 Å². The lowest BCUT2D eigenvalue weighted by Crippen LogP contribution is -2.27. The maximum absolute atomic E-state index is 13.3. The number of carbonyl (C=O) groups excluding carboxylic acids is 1. The average Bonchev–Trinajstić information content (AvgIpc) is 3.49. The van der Waals surface area contributed by atoms with Crippen LogP contribution < -0.4 is 10.5 Å². The second-order valence-corrected chi connectivity index (χ2v) is 8.61. The summed E-state index contributed by atoms with van der Waals surface area (Å²) in [4.78, 5) is 27.4. The van der Waals surface area contributed by atoms with Gasteiger partial charge in [-0.1, -0.05) is 36.9 Å². The second kappa shape index (κ2) is 7.56. The fraction of sp³-hybridized carbons (Fsp3) is 0.107. The van der Waals surface area contributed by atoms with Crippen molar-refractivity contribution in [3.8, 4) is 16.8 Å². The summed E-state index contributed by atoms with van der Waals surface area (Å²) in [6.07, 6.45) is 5.94. The molecule has 0 saturated heterocycles. The zero-order valence-corrected chi connectivity index (χ0v) is 18.7. The molecule has 0 radical (unpaired) electrons. The van der Waals surface area contributed by atoms with Gasteiger partial charge in [-0.05, 0) is 58.7 Å². The Morgan fingerprint density at radius 3 is 2.59 bits per heavy atom. The number of rotatable bonds is 3. The van der Waals surface area contributed by atoms with Crippen molar-refractivity contribution >= 4 is 33.3 Å². The van der Waals surface area contributed by atoms with Crippen molar-refractivity contribution in [2.24, 2.45) is 7.05 Å². The van der Waals surface area contributed by atoms with Crippen LogP contribution >= 0.6 is 0 Å². The Morgan fingerprint density at radius 2 is 1.79 bits per heavy atom. The van der Waals surface area contributed by atoms with Crippen molar-refractivity contribution in [2.75, 3.05) is 11.4 Å². The summed E-state index contributed by atoms with van der Waals surface area (Å²) >= 11 is 0. The maximum atomic E-state index is 13.3. The van der Waals surface area contributed by atoms with E-state index in [4.69, 9.17) is 0 Å². The molecule has 0 bridgehead atoms. The molecule has 0 aliphatic carbocycles. The van der Waals surface area contributed by atoms with Crippen molar-refractivity contribution in [1.82, 2.24) is 14.3 Å². The van der Waals surface area contributed by atoms with Gasteiger partial charge in [-0.3, -0.25) is 18.8 Å². The van der Waals surface area contributed by atoms with Crippen LogP contribution in [-0.2, 0) is 18.3 Å². The molecule has 0 fully saturated rings. The fourth-order valence-electron chi connectivity index (χ4n) is 4.90. The topological polar surface area (TPSA) is 60.1 Å². The quantitative estimate of drug-likeness (QED) is 0.300.